The van der Waals surface area contributed by atoms with E-state index in [0.29, 0.717) is 6.04 Å². The number of rotatable bonds is 1. The number of aromatic nitrogens is 2. The fraction of sp³-hybridized carbons (Fsp3) is 0.300. The fourth-order valence-electron chi connectivity index (χ4n) is 1.70. The van der Waals surface area contributed by atoms with E-state index in [1.54, 1.807) is 0 Å². The van der Waals surface area contributed by atoms with Gasteiger partial charge in [0.1, 0.15) is 0 Å². The molecular weight excluding hydrogens is 228 g/mol. The first-order chi connectivity index (χ1) is 6.36. The van der Waals surface area contributed by atoms with Crippen molar-refractivity contribution < 1.29 is 0 Å². The minimum atomic E-state index is 0.682. The van der Waals surface area contributed by atoms with Crippen molar-refractivity contribution in [1.82, 2.24) is 9.55 Å². The number of para-hydroxylation sites is 2. The van der Waals surface area contributed by atoms with Crippen molar-refractivity contribution >= 4 is 27.0 Å². The highest BCUT2D eigenvalue weighted by Gasteiger charge is 2.27. The average molecular weight is 237 g/mol. The Morgan fingerprint density at radius 2 is 2.08 bits per heavy atom. The van der Waals surface area contributed by atoms with Crippen LogP contribution in [0.15, 0.2) is 29.0 Å². The Labute approximate surface area is 84.7 Å². The van der Waals surface area contributed by atoms with Crippen molar-refractivity contribution in [3.05, 3.63) is 29.0 Å². The van der Waals surface area contributed by atoms with Crippen LogP contribution in [0.2, 0.25) is 0 Å². The van der Waals surface area contributed by atoms with E-state index < -0.39 is 0 Å². The van der Waals surface area contributed by atoms with Gasteiger partial charge in [-0.05, 0) is 40.9 Å². The van der Waals surface area contributed by atoms with Gasteiger partial charge in [-0.3, -0.25) is 0 Å². The maximum atomic E-state index is 4.45. The third-order valence-corrected chi connectivity index (χ3v) is 3.02. The molecule has 1 aromatic carbocycles. The van der Waals surface area contributed by atoms with Crippen LogP contribution >= 0.6 is 15.9 Å². The largest absolute Gasteiger partial charge is 0.315 e. The lowest BCUT2D eigenvalue weighted by Gasteiger charge is -2.01. The number of hydrogen-bond acceptors (Lipinski definition) is 1. The molecule has 66 valence electrons. The maximum Gasteiger partial charge on any atom is 0.178 e. The van der Waals surface area contributed by atoms with Crippen molar-refractivity contribution in [1.29, 1.82) is 0 Å². The molecule has 1 aromatic heterocycles. The van der Waals surface area contributed by atoms with Crippen LogP contribution in [0.4, 0.5) is 0 Å². The van der Waals surface area contributed by atoms with Crippen LogP contribution in [0.25, 0.3) is 11.0 Å². The predicted molar refractivity (Wildman–Crippen MR) is 55.7 cm³/mol. The molecule has 3 rings (SSSR count). The number of hydrogen-bond donors (Lipinski definition) is 0. The molecule has 0 saturated heterocycles. The molecule has 2 nitrogen and oxygen atoms in total. The Kier molecular flexibility index (Phi) is 1.50. The average Bonchev–Trinajstić information content (AvgIpc) is 2.88. The van der Waals surface area contributed by atoms with E-state index in [1.165, 1.54) is 18.4 Å². The molecule has 0 bridgehead atoms. The molecule has 0 N–H and O–H groups in total. The second-order valence-electron chi connectivity index (χ2n) is 3.47. The minimum absolute atomic E-state index is 0.682. The van der Waals surface area contributed by atoms with Crippen molar-refractivity contribution in [2.75, 3.05) is 0 Å². The number of fused-ring (bicyclic) bond motifs is 1. The zero-order valence-corrected chi connectivity index (χ0v) is 8.66. The molecule has 13 heavy (non-hydrogen) atoms. The second kappa shape index (κ2) is 2.58. The summed E-state index contributed by atoms with van der Waals surface area (Å²) in [7, 11) is 0. The van der Waals surface area contributed by atoms with Crippen molar-refractivity contribution in [2.24, 2.45) is 0 Å². The molecule has 3 heteroatoms. The molecule has 0 unspecified atom stereocenters. The summed E-state index contributed by atoms with van der Waals surface area (Å²) in [4.78, 5) is 4.45. The highest BCUT2D eigenvalue weighted by atomic mass is 79.9. The third-order valence-electron chi connectivity index (χ3n) is 2.46. The molecule has 0 aliphatic heterocycles. The molecular formula is C10H9BrN2. The van der Waals surface area contributed by atoms with E-state index in [1.807, 2.05) is 6.07 Å². The van der Waals surface area contributed by atoms with Gasteiger partial charge >= 0.3 is 0 Å². The molecule has 0 spiro atoms. The van der Waals surface area contributed by atoms with Gasteiger partial charge < -0.3 is 4.57 Å². The normalized spacial score (nSPS) is 16.7. The summed E-state index contributed by atoms with van der Waals surface area (Å²) in [5.74, 6) is 0. The highest BCUT2D eigenvalue weighted by Crippen LogP contribution is 2.39. The van der Waals surface area contributed by atoms with Gasteiger partial charge in [-0.1, -0.05) is 12.1 Å². The molecule has 1 fully saturated rings. The van der Waals surface area contributed by atoms with Gasteiger partial charge in [0.2, 0.25) is 0 Å². The number of halogens is 1. The fourth-order valence-corrected chi connectivity index (χ4v) is 2.37. The summed E-state index contributed by atoms with van der Waals surface area (Å²) in [6, 6.07) is 8.96. The standard InChI is InChI=1S/C10H9BrN2/c11-10-12-8-3-1-2-4-9(8)13(10)7-5-6-7/h1-4,7H,5-6H2. The molecule has 1 saturated carbocycles. The summed E-state index contributed by atoms with van der Waals surface area (Å²) >= 11 is 3.50. The van der Waals surface area contributed by atoms with E-state index in [9.17, 15) is 0 Å². The summed E-state index contributed by atoms with van der Waals surface area (Å²) in [6.07, 6.45) is 2.58. The SMILES string of the molecule is Brc1nc2ccccc2n1C1CC1. The molecule has 2 aromatic rings. The van der Waals surface area contributed by atoms with Crippen LogP contribution in [0.5, 0.6) is 0 Å². The van der Waals surface area contributed by atoms with Gasteiger partial charge in [0, 0.05) is 6.04 Å². The van der Waals surface area contributed by atoms with Gasteiger partial charge in [-0.15, -0.1) is 0 Å². The molecule has 0 amide bonds. The lowest BCUT2D eigenvalue weighted by molar-refractivity contribution is 0.745. The van der Waals surface area contributed by atoms with E-state index in [2.05, 4.69) is 43.7 Å². The molecule has 1 aliphatic rings. The minimum Gasteiger partial charge on any atom is -0.315 e. The van der Waals surface area contributed by atoms with Crippen molar-refractivity contribution in [3.8, 4) is 0 Å². The Hall–Kier alpha value is -0.830. The maximum absolute atomic E-state index is 4.45. The zero-order valence-electron chi connectivity index (χ0n) is 7.07. The Bertz CT molecular complexity index is 457. The lowest BCUT2D eigenvalue weighted by Crippen LogP contribution is -1.92. The van der Waals surface area contributed by atoms with E-state index in [4.69, 9.17) is 0 Å². The molecule has 0 atom stereocenters. The van der Waals surface area contributed by atoms with Crippen LogP contribution in [-0.2, 0) is 0 Å². The first-order valence-electron chi connectivity index (χ1n) is 4.49. The predicted octanol–water partition coefficient (Wildman–Crippen LogP) is 3.13. The Balaban J connectivity index is 2.35. The third kappa shape index (κ3) is 1.10. The number of benzene rings is 1. The topological polar surface area (TPSA) is 17.8 Å². The van der Waals surface area contributed by atoms with Crippen LogP contribution in [-0.4, -0.2) is 9.55 Å². The van der Waals surface area contributed by atoms with Crippen LogP contribution in [0.1, 0.15) is 18.9 Å². The van der Waals surface area contributed by atoms with E-state index >= 15 is 0 Å². The highest BCUT2D eigenvalue weighted by molar-refractivity contribution is 9.10. The quantitative estimate of drug-likeness (QED) is 0.744. The van der Waals surface area contributed by atoms with Gasteiger partial charge in [-0.2, -0.15) is 0 Å². The van der Waals surface area contributed by atoms with Crippen LogP contribution in [0.3, 0.4) is 0 Å². The summed E-state index contributed by atoms with van der Waals surface area (Å²) in [5.41, 5.74) is 2.33. The lowest BCUT2D eigenvalue weighted by atomic mass is 10.3. The number of imidazole rings is 1. The second-order valence-corrected chi connectivity index (χ2v) is 4.18. The zero-order chi connectivity index (χ0) is 8.84. The van der Waals surface area contributed by atoms with Crippen LogP contribution in [0, 0.1) is 0 Å². The van der Waals surface area contributed by atoms with Gasteiger partial charge in [0.25, 0.3) is 0 Å². The summed E-state index contributed by atoms with van der Waals surface area (Å²) in [5, 5.41) is 0. The van der Waals surface area contributed by atoms with E-state index in [0.717, 1.165) is 10.3 Å². The van der Waals surface area contributed by atoms with Gasteiger partial charge in [-0.25, -0.2) is 4.98 Å². The van der Waals surface area contributed by atoms with Gasteiger partial charge in [0.15, 0.2) is 4.73 Å². The Morgan fingerprint density at radius 1 is 1.31 bits per heavy atom. The van der Waals surface area contributed by atoms with Crippen molar-refractivity contribution in [3.63, 3.8) is 0 Å². The molecule has 1 heterocycles. The summed E-state index contributed by atoms with van der Waals surface area (Å²) < 4.78 is 3.26. The number of nitrogens with zero attached hydrogens (tertiary/aromatic N) is 2. The molecule has 1 aliphatic carbocycles. The first-order valence-corrected chi connectivity index (χ1v) is 5.28. The van der Waals surface area contributed by atoms with E-state index in [-0.39, 0.29) is 0 Å². The van der Waals surface area contributed by atoms with Crippen LogP contribution < -0.4 is 0 Å². The monoisotopic (exact) mass is 236 g/mol. The summed E-state index contributed by atoms with van der Waals surface area (Å²) in [6.45, 7) is 0. The first kappa shape index (κ1) is 7.56. The Morgan fingerprint density at radius 3 is 2.85 bits per heavy atom. The van der Waals surface area contributed by atoms with Gasteiger partial charge in [0.05, 0.1) is 11.0 Å². The smallest absolute Gasteiger partial charge is 0.178 e. The van der Waals surface area contributed by atoms with Crippen molar-refractivity contribution in [2.45, 2.75) is 18.9 Å². The molecule has 0 radical (unpaired) electrons.